The van der Waals surface area contributed by atoms with E-state index in [4.69, 9.17) is 9.47 Å². The molecule has 0 saturated carbocycles. The molecule has 1 aromatic heterocycles. The minimum Gasteiger partial charge on any atom is -0.383 e. The summed E-state index contributed by atoms with van der Waals surface area (Å²) in [6.45, 7) is 5.37. The Balaban J connectivity index is 1.83. The van der Waals surface area contributed by atoms with Crippen LogP contribution in [0.4, 0.5) is 0 Å². The molecule has 1 saturated heterocycles. The number of methoxy groups -OCH3 is 1. The van der Waals surface area contributed by atoms with Gasteiger partial charge in [0.1, 0.15) is 12.3 Å². The number of hydrogen-bond donors (Lipinski definition) is 1. The number of morpholine rings is 1. The smallest absolute Gasteiger partial charge is 0.242 e. The number of amides is 2. The lowest BCUT2D eigenvalue weighted by atomic mass is 10.2. The van der Waals surface area contributed by atoms with Gasteiger partial charge in [0.25, 0.3) is 0 Å². The van der Waals surface area contributed by atoms with Crippen molar-refractivity contribution in [1.29, 1.82) is 0 Å². The molecule has 1 aliphatic rings. The minimum atomic E-state index is -3.90. The van der Waals surface area contributed by atoms with E-state index >= 15 is 0 Å². The van der Waals surface area contributed by atoms with Crippen molar-refractivity contribution in [3.8, 4) is 0 Å². The van der Waals surface area contributed by atoms with E-state index in [1.807, 2.05) is 13.8 Å². The first kappa shape index (κ1) is 23.2. The lowest BCUT2D eigenvalue weighted by Gasteiger charge is -2.35. The van der Waals surface area contributed by atoms with Crippen molar-refractivity contribution in [2.45, 2.75) is 37.5 Å². The normalized spacial score (nSPS) is 19.5. The molecule has 3 rings (SSSR count). The summed E-state index contributed by atoms with van der Waals surface area (Å²) in [5, 5.41) is 3.01. The Morgan fingerprint density at radius 3 is 2.55 bits per heavy atom. The van der Waals surface area contributed by atoms with Gasteiger partial charge in [-0.2, -0.15) is 0 Å². The van der Waals surface area contributed by atoms with E-state index in [0.717, 1.165) is 0 Å². The molecule has 2 atom stereocenters. The number of hydrogen-bond acceptors (Lipinski definition) is 6. The van der Waals surface area contributed by atoms with Crippen molar-refractivity contribution in [2.24, 2.45) is 0 Å². The third-order valence-electron chi connectivity index (χ3n) is 5.11. The van der Waals surface area contributed by atoms with Gasteiger partial charge in [-0.1, -0.05) is 18.2 Å². The van der Waals surface area contributed by atoms with Gasteiger partial charge in [-0.05, 0) is 19.9 Å². The Labute approximate surface area is 182 Å². The SMILES string of the molecule is COCCNC(=O)CS(=O)(=O)c1cn(CC(=O)N2C[C@@H](C)O[C@@H](C)C2)c2ccccc12. The highest BCUT2D eigenvalue weighted by Crippen LogP contribution is 2.26. The summed E-state index contributed by atoms with van der Waals surface area (Å²) in [5.74, 6) is -1.37. The van der Waals surface area contributed by atoms with Gasteiger partial charge >= 0.3 is 0 Å². The zero-order chi connectivity index (χ0) is 22.6. The fraction of sp³-hybridized carbons (Fsp3) is 0.524. The predicted octanol–water partition coefficient (Wildman–Crippen LogP) is 0.813. The van der Waals surface area contributed by atoms with Gasteiger partial charge in [0.15, 0.2) is 9.84 Å². The van der Waals surface area contributed by atoms with Crippen LogP contribution in [0.15, 0.2) is 35.4 Å². The zero-order valence-corrected chi connectivity index (χ0v) is 18.9. The molecule has 31 heavy (non-hydrogen) atoms. The molecule has 1 fully saturated rings. The maximum absolute atomic E-state index is 13.0. The fourth-order valence-corrected chi connectivity index (χ4v) is 5.21. The van der Waals surface area contributed by atoms with E-state index in [0.29, 0.717) is 30.6 Å². The molecule has 2 aromatic rings. The van der Waals surface area contributed by atoms with E-state index in [-0.39, 0.29) is 36.1 Å². The number of rotatable bonds is 8. The van der Waals surface area contributed by atoms with Crippen LogP contribution in [0.25, 0.3) is 10.9 Å². The second kappa shape index (κ2) is 9.80. The number of benzene rings is 1. The number of para-hydroxylation sites is 1. The molecule has 0 unspecified atom stereocenters. The van der Waals surface area contributed by atoms with Crippen molar-refractivity contribution >= 4 is 32.6 Å². The van der Waals surface area contributed by atoms with E-state index in [1.165, 1.54) is 13.3 Å². The maximum atomic E-state index is 13.0. The molecule has 1 aliphatic heterocycles. The Hall–Kier alpha value is -2.43. The number of carbonyl (C=O) groups is 2. The number of aromatic nitrogens is 1. The summed E-state index contributed by atoms with van der Waals surface area (Å²) in [5.41, 5.74) is 0.628. The molecule has 170 valence electrons. The largest absolute Gasteiger partial charge is 0.383 e. The summed E-state index contributed by atoms with van der Waals surface area (Å²) in [6.07, 6.45) is 1.34. The van der Waals surface area contributed by atoms with Crippen molar-refractivity contribution in [3.05, 3.63) is 30.5 Å². The first-order valence-corrected chi connectivity index (χ1v) is 11.9. The monoisotopic (exact) mass is 451 g/mol. The quantitative estimate of drug-likeness (QED) is 0.596. The summed E-state index contributed by atoms with van der Waals surface area (Å²) in [7, 11) is -2.40. The molecule has 0 spiro atoms. The van der Waals surface area contributed by atoms with E-state index < -0.39 is 21.5 Å². The van der Waals surface area contributed by atoms with Crippen LogP contribution in [-0.4, -0.2) is 81.0 Å². The second-order valence-corrected chi connectivity index (χ2v) is 9.75. The highest BCUT2D eigenvalue weighted by molar-refractivity contribution is 7.92. The Morgan fingerprint density at radius 1 is 1.19 bits per heavy atom. The maximum Gasteiger partial charge on any atom is 0.242 e. The Bertz CT molecular complexity index is 1040. The van der Waals surface area contributed by atoms with Gasteiger partial charge in [0, 0.05) is 43.8 Å². The van der Waals surface area contributed by atoms with Crippen LogP contribution in [0, 0.1) is 0 Å². The molecule has 0 radical (unpaired) electrons. The van der Waals surface area contributed by atoms with Gasteiger partial charge in [-0.15, -0.1) is 0 Å². The summed E-state index contributed by atoms with van der Waals surface area (Å²) in [4.78, 5) is 26.8. The van der Waals surface area contributed by atoms with Gasteiger partial charge in [0.2, 0.25) is 11.8 Å². The first-order chi connectivity index (χ1) is 14.7. The van der Waals surface area contributed by atoms with Crippen molar-refractivity contribution in [2.75, 3.05) is 39.1 Å². The Morgan fingerprint density at radius 2 is 1.87 bits per heavy atom. The molecule has 2 heterocycles. The van der Waals surface area contributed by atoms with Gasteiger partial charge in [-0.3, -0.25) is 9.59 Å². The van der Waals surface area contributed by atoms with E-state index in [1.54, 1.807) is 33.7 Å². The van der Waals surface area contributed by atoms with Gasteiger partial charge < -0.3 is 24.3 Å². The molecule has 10 heteroatoms. The van der Waals surface area contributed by atoms with Crippen LogP contribution in [0.2, 0.25) is 0 Å². The van der Waals surface area contributed by atoms with Gasteiger partial charge in [-0.25, -0.2) is 8.42 Å². The van der Waals surface area contributed by atoms with Crippen molar-refractivity contribution < 1.29 is 27.5 Å². The third kappa shape index (κ3) is 5.63. The summed E-state index contributed by atoms with van der Waals surface area (Å²) in [6, 6.07) is 6.98. The number of carbonyl (C=O) groups excluding carboxylic acids is 2. The number of nitrogens with zero attached hydrogens (tertiary/aromatic N) is 2. The molecule has 0 bridgehead atoms. The molecule has 2 amide bonds. The van der Waals surface area contributed by atoms with Gasteiger partial charge in [0.05, 0.1) is 23.7 Å². The van der Waals surface area contributed by atoms with Crippen molar-refractivity contribution in [1.82, 2.24) is 14.8 Å². The van der Waals surface area contributed by atoms with Crippen LogP contribution in [0.1, 0.15) is 13.8 Å². The molecular weight excluding hydrogens is 422 g/mol. The second-order valence-electron chi connectivity index (χ2n) is 7.80. The fourth-order valence-electron chi connectivity index (χ4n) is 3.81. The minimum absolute atomic E-state index is 0.00943. The third-order valence-corrected chi connectivity index (χ3v) is 6.75. The number of nitrogens with one attached hydrogen (secondary N) is 1. The van der Waals surface area contributed by atoms with Crippen LogP contribution in [-0.2, 0) is 35.4 Å². The van der Waals surface area contributed by atoms with Crippen LogP contribution < -0.4 is 5.32 Å². The van der Waals surface area contributed by atoms with E-state index in [2.05, 4.69) is 5.32 Å². The summed E-state index contributed by atoms with van der Waals surface area (Å²) < 4.78 is 38.1. The standard InChI is InChI=1S/C21H29N3O6S/c1-15-10-24(11-16(2)30-15)21(26)13-23-12-19(17-6-4-5-7-18(17)23)31(27,28)14-20(25)22-8-9-29-3/h4-7,12,15-16H,8-11,13-14H2,1-3H3,(H,22,25)/t15-,16+. The van der Waals surface area contributed by atoms with Crippen LogP contribution in [0.5, 0.6) is 0 Å². The molecular formula is C21H29N3O6S. The number of sulfone groups is 1. The topological polar surface area (TPSA) is 107 Å². The molecule has 0 aliphatic carbocycles. The lowest BCUT2D eigenvalue weighted by molar-refractivity contribution is -0.143. The molecule has 1 N–H and O–H groups in total. The van der Waals surface area contributed by atoms with Crippen LogP contribution >= 0.6 is 0 Å². The highest BCUT2D eigenvalue weighted by Gasteiger charge is 2.28. The zero-order valence-electron chi connectivity index (χ0n) is 18.0. The van der Waals surface area contributed by atoms with Crippen molar-refractivity contribution in [3.63, 3.8) is 0 Å². The molecule has 1 aromatic carbocycles. The summed E-state index contributed by atoms with van der Waals surface area (Å²) >= 11 is 0. The Kier molecular flexibility index (Phi) is 7.34. The number of fused-ring (bicyclic) bond motifs is 1. The average Bonchev–Trinajstić information content (AvgIpc) is 3.06. The highest BCUT2D eigenvalue weighted by atomic mass is 32.2. The number of ether oxygens (including phenoxy) is 2. The predicted molar refractivity (Wildman–Crippen MR) is 115 cm³/mol. The lowest BCUT2D eigenvalue weighted by Crippen LogP contribution is -2.49. The van der Waals surface area contributed by atoms with Crippen LogP contribution in [0.3, 0.4) is 0 Å². The first-order valence-electron chi connectivity index (χ1n) is 10.2. The van der Waals surface area contributed by atoms with E-state index in [9.17, 15) is 18.0 Å². The average molecular weight is 452 g/mol. The molecule has 9 nitrogen and oxygen atoms in total.